The van der Waals surface area contributed by atoms with E-state index in [-0.39, 0.29) is 17.8 Å². The van der Waals surface area contributed by atoms with Gasteiger partial charge in [-0.2, -0.15) is 0 Å². The Labute approximate surface area is 149 Å². The number of rotatable bonds is 4. The van der Waals surface area contributed by atoms with E-state index < -0.39 is 5.91 Å². The van der Waals surface area contributed by atoms with E-state index in [1.807, 2.05) is 12.1 Å². The third-order valence-corrected chi connectivity index (χ3v) is 4.42. The third kappa shape index (κ3) is 3.09. The number of fused-ring (bicyclic) bond motifs is 1. The fourth-order valence-corrected chi connectivity index (χ4v) is 3.06. The zero-order chi connectivity index (χ0) is 18.1. The van der Waals surface area contributed by atoms with Gasteiger partial charge in [-0.25, -0.2) is 9.97 Å². The molecule has 0 radical (unpaired) electrons. The van der Waals surface area contributed by atoms with Crippen LogP contribution < -0.4 is 16.8 Å². The molecule has 4 heterocycles. The molecule has 26 heavy (non-hydrogen) atoms. The number of H-pyrrole nitrogens is 1. The summed E-state index contributed by atoms with van der Waals surface area (Å²) in [4.78, 5) is 27.9. The minimum Gasteiger partial charge on any atom is -0.380 e. The number of carbonyl (C=O) groups is 1. The first kappa shape index (κ1) is 16.4. The maximum Gasteiger partial charge on any atom is 0.269 e. The van der Waals surface area contributed by atoms with Crippen LogP contribution in [0.4, 0.5) is 5.82 Å². The molecule has 9 nitrogen and oxygen atoms in total. The highest BCUT2D eigenvalue weighted by molar-refractivity contribution is 5.98. The van der Waals surface area contributed by atoms with E-state index in [1.165, 1.54) is 6.20 Å². The molecule has 134 valence electrons. The van der Waals surface area contributed by atoms with Gasteiger partial charge in [-0.05, 0) is 18.6 Å². The van der Waals surface area contributed by atoms with Crippen LogP contribution in [-0.4, -0.2) is 51.1 Å². The third-order valence-electron chi connectivity index (χ3n) is 4.42. The summed E-state index contributed by atoms with van der Waals surface area (Å²) >= 11 is 0. The molecule has 0 spiro atoms. The maximum absolute atomic E-state index is 11.8. The number of hydrogen-bond donors (Lipinski definition) is 4. The molecule has 1 fully saturated rings. The van der Waals surface area contributed by atoms with Gasteiger partial charge in [-0.15, -0.1) is 0 Å². The first-order valence-corrected chi connectivity index (χ1v) is 8.31. The number of amides is 1. The largest absolute Gasteiger partial charge is 0.380 e. The molecule has 1 aliphatic heterocycles. The van der Waals surface area contributed by atoms with Crippen LogP contribution >= 0.6 is 0 Å². The number of primary amides is 1. The van der Waals surface area contributed by atoms with Crippen LogP contribution in [0, 0.1) is 0 Å². The monoisotopic (exact) mass is 353 g/mol. The SMILES string of the molecule is NC(=O)c1ncc(N[C@@H]2CCOC[C@@H]2N)nc1-c1cc2cnccc2[nH]1. The number of nitrogens with two attached hydrogens (primary N) is 2. The Hall–Kier alpha value is -3.04. The molecule has 6 N–H and O–H groups in total. The van der Waals surface area contributed by atoms with Crippen molar-refractivity contribution in [2.24, 2.45) is 11.5 Å². The minimum atomic E-state index is -0.640. The van der Waals surface area contributed by atoms with Crippen LogP contribution in [0.5, 0.6) is 0 Å². The number of pyridine rings is 1. The second kappa shape index (κ2) is 6.70. The van der Waals surface area contributed by atoms with Gasteiger partial charge in [0, 0.05) is 42.0 Å². The van der Waals surface area contributed by atoms with Crippen LogP contribution in [0.15, 0.2) is 30.7 Å². The van der Waals surface area contributed by atoms with E-state index in [0.29, 0.717) is 30.4 Å². The predicted octanol–water partition coefficient (Wildman–Crippen LogP) is 0.647. The number of aromatic amines is 1. The lowest BCUT2D eigenvalue weighted by molar-refractivity contribution is 0.0752. The summed E-state index contributed by atoms with van der Waals surface area (Å²) in [6.45, 7) is 1.13. The van der Waals surface area contributed by atoms with Gasteiger partial charge in [-0.1, -0.05) is 0 Å². The van der Waals surface area contributed by atoms with Crippen LogP contribution in [0.2, 0.25) is 0 Å². The highest BCUT2D eigenvalue weighted by Crippen LogP contribution is 2.25. The van der Waals surface area contributed by atoms with Crippen molar-refractivity contribution < 1.29 is 9.53 Å². The summed E-state index contributed by atoms with van der Waals surface area (Å²) in [6.07, 6.45) is 5.69. The lowest BCUT2D eigenvalue weighted by Gasteiger charge is -2.29. The van der Waals surface area contributed by atoms with Gasteiger partial charge < -0.3 is 26.5 Å². The van der Waals surface area contributed by atoms with Crippen LogP contribution in [0.1, 0.15) is 16.9 Å². The molecule has 9 heteroatoms. The van der Waals surface area contributed by atoms with Crippen molar-refractivity contribution in [1.82, 2.24) is 19.9 Å². The summed E-state index contributed by atoms with van der Waals surface area (Å²) in [5, 5.41) is 4.19. The molecule has 1 amide bonds. The fourth-order valence-electron chi connectivity index (χ4n) is 3.06. The molecule has 4 rings (SSSR count). The van der Waals surface area contributed by atoms with Crippen molar-refractivity contribution in [3.8, 4) is 11.4 Å². The number of nitrogens with zero attached hydrogens (tertiary/aromatic N) is 3. The molecule has 0 aliphatic carbocycles. The lowest BCUT2D eigenvalue weighted by Crippen LogP contribution is -2.47. The Balaban J connectivity index is 1.72. The Morgan fingerprint density at radius 1 is 1.38 bits per heavy atom. The van der Waals surface area contributed by atoms with Crippen LogP contribution in [0.25, 0.3) is 22.3 Å². The Morgan fingerprint density at radius 3 is 3.04 bits per heavy atom. The summed E-state index contributed by atoms with van der Waals surface area (Å²) in [6, 6.07) is 3.60. The van der Waals surface area contributed by atoms with Crippen molar-refractivity contribution in [3.63, 3.8) is 0 Å². The summed E-state index contributed by atoms with van der Waals surface area (Å²) in [7, 11) is 0. The molecule has 3 aromatic rings. The number of hydrogen-bond acceptors (Lipinski definition) is 7. The second-order valence-corrected chi connectivity index (χ2v) is 6.24. The van der Waals surface area contributed by atoms with Gasteiger partial charge in [0.2, 0.25) is 0 Å². The van der Waals surface area contributed by atoms with E-state index in [2.05, 4.69) is 25.3 Å². The molecule has 3 aromatic heterocycles. The summed E-state index contributed by atoms with van der Waals surface area (Å²) in [5.74, 6) is -0.109. The zero-order valence-corrected chi connectivity index (χ0v) is 14.0. The average molecular weight is 353 g/mol. The number of anilines is 1. The van der Waals surface area contributed by atoms with Gasteiger partial charge in [0.25, 0.3) is 5.91 Å². The molecule has 0 saturated carbocycles. The maximum atomic E-state index is 11.8. The van der Waals surface area contributed by atoms with Gasteiger partial charge in [0.05, 0.1) is 18.5 Å². The van der Waals surface area contributed by atoms with E-state index in [4.69, 9.17) is 16.2 Å². The topological polar surface area (TPSA) is 145 Å². The van der Waals surface area contributed by atoms with Crippen LogP contribution in [0.3, 0.4) is 0 Å². The number of carbonyl (C=O) groups excluding carboxylic acids is 1. The zero-order valence-electron chi connectivity index (χ0n) is 14.0. The van der Waals surface area contributed by atoms with Crippen molar-refractivity contribution in [1.29, 1.82) is 0 Å². The molecule has 0 aromatic carbocycles. The van der Waals surface area contributed by atoms with E-state index in [9.17, 15) is 4.79 Å². The van der Waals surface area contributed by atoms with Gasteiger partial charge >= 0.3 is 0 Å². The second-order valence-electron chi connectivity index (χ2n) is 6.24. The summed E-state index contributed by atoms with van der Waals surface area (Å²) < 4.78 is 5.35. The Bertz CT molecular complexity index is 922. The van der Waals surface area contributed by atoms with Gasteiger partial charge in [-0.3, -0.25) is 9.78 Å². The van der Waals surface area contributed by atoms with Crippen LogP contribution in [-0.2, 0) is 4.74 Å². The molecule has 0 bridgehead atoms. The van der Waals surface area contributed by atoms with Crippen molar-refractivity contribution in [2.45, 2.75) is 18.5 Å². The number of ether oxygens (including phenoxy) is 1. The first-order chi connectivity index (χ1) is 12.6. The standard InChI is InChI=1S/C17H19N7O2/c18-10-8-26-4-2-12(10)23-14-7-21-16(17(19)25)15(24-14)13-5-9-6-20-3-1-11(9)22-13/h1,3,5-7,10,12,22H,2,4,8,18H2,(H2,19,25)(H,23,24)/t10-,12+/m0/s1. The van der Waals surface area contributed by atoms with Crippen molar-refractivity contribution in [2.75, 3.05) is 18.5 Å². The molecule has 1 saturated heterocycles. The normalized spacial score (nSPS) is 20.2. The Kier molecular flexibility index (Phi) is 4.23. The molecule has 2 atom stereocenters. The Morgan fingerprint density at radius 2 is 2.27 bits per heavy atom. The predicted molar refractivity (Wildman–Crippen MR) is 96.5 cm³/mol. The average Bonchev–Trinajstić information content (AvgIpc) is 3.07. The highest BCUT2D eigenvalue weighted by Gasteiger charge is 2.24. The van der Waals surface area contributed by atoms with E-state index in [0.717, 1.165) is 17.3 Å². The fraction of sp³-hybridized carbons (Fsp3) is 0.294. The quantitative estimate of drug-likeness (QED) is 0.539. The number of nitrogens with one attached hydrogen (secondary N) is 2. The first-order valence-electron chi connectivity index (χ1n) is 8.31. The van der Waals surface area contributed by atoms with Crippen molar-refractivity contribution >= 4 is 22.6 Å². The molecular formula is C17H19N7O2. The molecular weight excluding hydrogens is 334 g/mol. The number of aromatic nitrogens is 4. The van der Waals surface area contributed by atoms with E-state index in [1.54, 1.807) is 12.4 Å². The molecule has 1 aliphatic rings. The summed E-state index contributed by atoms with van der Waals surface area (Å²) in [5.41, 5.74) is 13.6. The lowest BCUT2D eigenvalue weighted by atomic mass is 10.0. The van der Waals surface area contributed by atoms with Gasteiger partial charge in [0.15, 0.2) is 5.69 Å². The van der Waals surface area contributed by atoms with Gasteiger partial charge in [0.1, 0.15) is 11.5 Å². The van der Waals surface area contributed by atoms with Crippen molar-refractivity contribution in [3.05, 3.63) is 36.4 Å². The van der Waals surface area contributed by atoms with E-state index >= 15 is 0 Å². The highest BCUT2D eigenvalue weighted by atomic mass is 16.5. The minimum absolute atomic E-state index is 0.0252. The molecule has 0 unspecified atom stereocenters. The smallest absolute Gasteiger partial charge is 0.269 e.